The summed E-state index contributed by atoms with van der Waals surface area (Å²) in [6.07, 6.45) is 2.25. The maximum atomic E-state index is 12.2. The average Bonchev–Trinajstić information content (AvgIpc) is 3.16. The molecule has 1 aliphatic rings. The first kappa shape index (κ1) is 16.0. The number of sulfonamides is 1. The fraction of sp³-hybridized carbons (Fsp3) is 0.533. The number of nitrogens with two attached hydrogens (primary N) is 1. The van der Waals surface area contributed by atoms with Crippen LogP contribution < -0.4 is 10.5 Å². The zero-order valence-corrected chi connectivity index (χ0v) is 13.5. The molecule has 0 saturated heterocycles. The van der Waals surface area contributed by atoms with Crippen LogP contribution in [0, 0.1) is 18.3 Å². The molecular formula is C15H22N2O3S. The molecule has 1 fully saturated rings. The minimum Gasteiger partial charge on any atom is -0.351 e. The van der Waals surface area contributed by atoms with Gasteiger partial charge in [0.15, 0.2) is 0 Å². The summed E-state index contributed by atoms with van der Waals surface area (Å²) in [4.78, 5) is 12.2. The van der Waals surface area contributed by atoms with Gasteiger partial charge in [0.1, 0.15) is 0 Å². The van der Waals surface area contributed by atoms with E-state index >= 15 is 0 Å². The molecule has 1 saturated carbocycles. The van der Waals surface area contributed by atoms with Crippen LogP contribution in [0.2, 0.25) is 0 Å². The molecule has 0 aromatic heterocycles. The third-order valence-electron chi connectivity index (χ3n) is 4.47. The molecule has 6 heteroatoms. The largest absolute Gasteiger partial charge is 0.351 e. The highest BCUT2D eigenvalue weighted by atomic mass is 32.2. The molecule has 3 N–H and O–H groups in total. The molecule has 1 aliphatic carbocycles. The molecule has 0 heterocycles. The van der Waals surface area contributed by atoms with Crippen LogP contribution in [0.1, 0.15) is 42.6 Å². The van der Waals surface area contributed by atoms with Crippen molar-refractivity contribution in [2.45, 2.75) is 38.5 Å². The summed E-state index contributed by atoms with van der Waals surface area (Å²) in [7, 11) is -3.81. The number of hydrogen-bond donors (Lipinski definition) is 2. The van der Waals surface area contributed by atoms with Crippen LogP contribution in [0.3, 0.4) is 0 Å². The van der Waals surface area contributed by atoms with Crippen LogP contribution in [0.15, 0.2) is 23.1 Å². The molecule has 5 nitrogen and oxygen atoms in total. The quantitative estimate of drug-likeness (QED) is 0.869. The van der Waals surface area contributed by atoms with Gasteiger partial charge in [0.25, 0.3) is 5.91 Å². The Labute approximate surface area is 126 Å². The number of primary sulfonamides is 1. The minimum absolute atomic E-state index is 0.000134. The van der Waals surface area contributed by atoms with Crippen LogP contribution >= 0.6 is 0 Å². The van der Waals surface area contributed by atoms with Crippen LogP contribution in [0.4, 0.5) is 0 Å². The summed E-state index contributed by atoms with van der Waals surface area (Å²) >= 11 is 0. The lowest BCUT2D eigenvalue weighted by molar-refractivity contribution is 0.0939. The minimum atomic E-state index is -3.81. The van der Waals surface area contributed by atoms with Crippen molar-refractivity contribution in [3.63, 3.8) is 0 Å². The SMILES string of the molecule is Cc1ccc(C(=O)NCC2(C(C)C)CC2)cc1S(N)(=O)=O. The van der Waals surface area contributed by atoms with E-state index in [-0.39, 0.29) is 16.2 Å². The molecule has 1 aromatic rings. The Morgan fingerprint density at radius 1 is 1.38 bits per heavy atom. The molecular weight excluding hydrogens is 288 g/mol. The molecule has 0 atom stereocenters. The number of nitrogens with one attached hydrogen (secondary N) is 1. The molecule has 0 aliphatic heterocycles. The molecule has 0 unspecified atom stereocenters. The summed E-state index contributed by atoms with van der Waals surface area (Å²) in [5, 5.41) is 8.07. The van der Waals surface area contributed by atoms with Crippen molar-refractivity contribution in [3.8, 4) is 0 Å². The van der Waals surface area contributed by atoms with Crippen molar-refractivity contribution in [3.05, 3.63) is 29.3 Å². The fourth-order valence-electron chi connectivity index (χ4n) is 2.53. The van der Waals surface area contributed by atoms with Crippen LogP contribution in [0.25, 0.3) is 0 Å². The van der Waals surface area contributed by atoms with E-state index in [0.717, 1.165) is 12.8 Å². The lowest BCUT2D eigenvalue weighted by Gasteiger charge is -2.20. The Morgan fingerprint density at radius 3 is 2.48 bits per heavy atom. The van der Waals surface area contributed by atoms with Crippen molar-refractivity contribution in [2.24, 2.45) is 16.5 Å². The maximum absolute atomic E-state index is 12.2. The van der Waals surface area contributed by atoms with E-state index in [9.17, 15) is 13.2 Å². The van der Waals surface area contributed by atoms with Gasteiger partial charge in [0.2, 0.25) is 10.0 Å². The van der Waals surface area contributed by atoms with Gasteiger partial charge in [-0.2, -0.15) is 0 Å². The van der Waals surface area contributed by atoms with Gasteiger partial charge in [-0.25, -0.2) is 13.6 Å². The van der Waals surface area contributed by atoms with E-state index in [0.29, 0.717) is 23.6 Å². The highest BCUT2D eigenvalue weighted by molar-refractivity contribution is 7.89. The van der Waals surface area contributed by atoms with E-state index in [4.69, 9.17) is 5.14 Å². The number of carbonyl (C=O) groups excluding carboxylic acids is 1. The Kier molecular flexibility index (Phi) is 4.13. The third kappa shape index (κ3) is 3.44. The molecule has 0 spiro atoms. The lowest BCUT2D eigenvalue weighted by Crippen LogP contribution is -2.32. The van der Waals surface area contributed by atoms with Gasteiger partial charge in [-0.3, -0.25) is 4.79 Å². The van der Waals surface area contributed by atoms with Gasteiger partial charge >= 0.3 is 0 Å². The number of aryl methyl sites for hydroxylation is 1. The van der Waals surface area contributed by atoms with Gasteiger partial charge in [0, 0.05) is 12.1 Å². The Balaban J connectivity index is 2.14. The van der Waals surface area contributed by atoms with Crippen molar-refractivity contribution in [2.75, 3.05) is 6.54 Å². The molecule has 2 rings (SSSR count). The third-order valence-corrected chi connectivity index (χ3v) is 5.53. The Morgan fingerprint density at radius 2 is 2.00 bits per heavy atom. The summed E-state index contributed by atoms with van der Waals surface area (Å²) in [5.41, 5.74) is 1.07. The monoisotopic (exact) mass is 310 g/mol. The topological polar surface area (TPSA) is 89.3 Å². The first-order valence-corrected chi connectivity index (χ1v) is 8.62. The molecule has 0 radical (unpaired) electrons. The molecule has 116 valence electrons. The van der Waals surface area contributed by atoms with Gasteiger partial charge in [-0.05, 0) is 48.8 Å². The zero-order chi connectivity index (χ0) is 15.8. The van der Waals surface area contributed by atoms with Crippen molar-refractivity contribution in [1.29, 1.82) is 0 Å². The number of amides is 1. The van der Waals surface area contributed by atoms with E-state index in [2.05, 4.69) is 19.2 Å². The molecule has 21 heavy (non-hydrogen) atoms. The van der Waals surface area contributed by atoms with Crippen LogP contribution in [-0.4, -0.2) is 20.9 Å². The summed E-state index contributed by atoms with van der Waals surface area (Å²) in [5.74, 6) is 0.266. The maximum Gasteiger partial charge on any atom is 0.251 e. The summed E-state index contributed by atoms with van der Waals surface area (Å²) in [6.45, 7) is 6.59. The van der Waals surface area contributed by atoms with Crippen LogP contribution in [-0.2, 0) is 10.0 Å². The smallest absolute Gasteiger partial charge is 0.251 e. The highest BCUT2D eigenvalue weighted by Gasteiger charge is 2.45. The highest BCUT2D eigenvalue weighted by Crippen LogP contribution is 2.51. The number of carbonyl (C=O) groups is 1. The molecule has 0 bridgehead atoms. The first-order chi connectivity index (χ1) is 9.66. The fourth-order valence-corrected chi connectivity index (χ4v) is 3.33. The van der Waals surface area contributed by atoms with Crippen molar-refractivity contribution >= 4 is 15.9 Å². The average molecular weight is 310 g/mol. The lowest BCUT2D eigenvalue weighted by atomic mass is 9.92. The molecule has 1 aromatic carbocycles. The van der Waals surface area contributed by atoms with E-state index in [1.165, 1.54) is 6.07 Å². The van der Waals surface area contributed by atoms with E-state index in [1.54, 1.807) is 19.1 Å². The van der Waals surface area contributed by atoms with Crippen molar-refractivity contribution in [1.82, 2.24) is 5.32 Å². The summed E-state index contributed by atoms with van der Waals surface area (Å²) in [6, 6.07) is 4.56. The normalized spacial score (nSPS) is 16.8. The Hall–Kier alpha value is -1.40. The van der Waals surface area contributed by atoms with E-state index < -0.39 is 10.0 Å². The Bertz CT molecular complexity index is 661. The van der Waals surface area contributed by atoms with Crippen molar-refractivity contribution < 1.29 is 13.2 Å². The molecule has 1 amide bonds. The number of rotatable bonds is 5. The second kappa shape index (κ2) is 5.42. The second-order valence-electron chi connectivity index (χ2n) is 6.23. The van der Waals surface area contributed by atoms with Gasteiger partial charge < -0.3 is 5.32 Å². The van der Waals surface area contributed by atoms with E-state index in [1.807, 2.05) is 0 Å². The number of hydrogen-bond acceptors (Lipinski definition) is 3. The standard InChI is InChI=1S/C15H22N2O3S/c1-10(2)15(6-7-15)9-17-14(18)12-5-4-11(3)13(8-12)21(16,19)20/h4-5,8,10H,6-7,9H2,1-3H3,(H,17,18)(H2,16,19,20). The second-order valence-corrected chi connectivity index (χ2v) is 7.75. The predicted molar refractivity (Wildman–Crippen MR) is 81.4 cm³/mol. The number of benzene rings is 1. The summed E-state index contributed by atoms with van der Waals surface area (Å²) < 4.78 is 23.0. The predicted octanol–water partition coefficient (Wildman–Crippen LogP) is 1.81. The van der Waals surface area contributed by atoms with Gasteiger partial charge in [0.05, 0.1) is 4.90 Å². The first-order valence-electron chi connectivity index (χ1n) is 7.07. The van der Waals surface area contributed by atoms with Gasteiger partial charge in [-0.15, -0.1) is 0 Å². The van der Waals surface area contributed by atoms with Crippen LogP contribution in [0.5, 0.6) is 0 Å². The zero-order valence-electron chi connectivity index (χ0n) is 12.6. The van der Waals surface area contributed by atoms with Gasteiger partial charge in [-0.1, -0.05) is 19.9 Å².